The highest BCUT2D eigenvalue weighted by Crippen LogP contribution is 2.27. The van der Waals surface area contributed by atoms with Crippen LogP contribution in [0, 0.1) is 6.92 Å². The zero-order chi connectivity index (χ0) is 11.3. The highest BCUT2D eigenvalue weighted by atomic mass is 32.2. The first-order chi connectivity index (χ1) is 7.16. The van der Waals surface area contributed by atoms with Crippen molar-refractivity contribution in [1.82, 2.24) is 0 Å². The van der Waals surface area contributed by atoms with E-state index in [1.165, 1.54) is 11.8 Å². The summed E-state index contributed by atoms with van der Waals surface area (Å²) in [7, 11) is 0. The Kier molecular flexibility index (Phi) is 4.65. The third kappa shape index (κ3) is 3.25. The molecule has 1 rings (SSSR count). The summed E-state index contributed by atoms with van der Waals surface area (Å²) in [5, 5.41) is 17.6. The van der Waals surface area contributed by atoms with Crippen LogP contribution in [-0.4, -0.2) is 28.5 Å². The summed E-state index contributed by atoms with van der Waals surface area (Å²) in [6.07, 6.45) is 0.679. The lowest BCUT2D eigenvalue weighted by atomic mass is 10.1. The van der Waals surface area contributed by atoms with Gasteiger partial charge in [0.25, 0.3) is 0 Å². The zero-order valence-electron chi connectivity index (χ0n) is 8.56. The van der Waals surface area contributed by atoms with Gasteiger partial charge in [0.05, 0.1) is 5.56 Å². The Bertz CT molecular complexity index is 350. The van der Waals surface area contributed by atoms with Gasteiger partial charge >= 0.3 is 5.97 Å². The summed E-state index contributed by atoms with van der Waals surface area (Å²) in [6.45, 7) is 2.04. The number of carbonyl (C=O) groups is 1. The normalized spacial score (nSPS) is 10.3. The molecule has 0 saturated heterocycles. The van der Waals surface area contributed by atoms with Gasteiger partial charge in [-0.05, 0) is 25.0 Å². The number of aromatic carboxylic acids is 1. The molecule has 4 heteroatoms. The van der Waals surface area contributed by atoms with E-state index in [1.54, 1.807) is 12.1 Å². The minimum Gasteiger partial charge on any atom is -0.478 e. The van der Waals surface area contributed by atoms with Crippen molar-refractivity contribution >= 4 is 17.7 Å². The van der Waals surface area contributed by atoms with Crippen LogP contribution >= 0.6 is 11.8 Å². The predicted octanol–water partition coefficient (Wildman–Crippen LogP) is 2.17. The molecule has 15 heavy (non-hydrogen) atoms. The number of benzene rings is 1. The molecule has 0 radical (unpaired) electrons. The fraction of sp³-hybridized carbons (Fsp3) is 0.364. The lowest BCUT2D eigenvalue weighted by molar-refractivity contribution is 0.0693. The molecule has 1 aromatic rings. The van der Waals surface area contributed by atoms with Gasteiger partial charge in [0.15, 0.2) is 0 Å². The molecule has 82 valence electrons. The molecule has 0 aromatic heterocycles. The van der Waals surface area contributed by atoms with Crippen molar-refractivity contribution in [2.24, 2.45) is 0 Å². The van der Waals surface area contributed by atoms with E-state index in [1.807, 2.05) is 13.0 Å². The van der Waals surface area contributed by atoms with E-state index in [-0.39, 0.29) is 6.61 Å². The zero-order valence-corrected chi connectivity index (χ0v) is 9.38. The number of thioether (sulfide) groups is 1. The lowest BCUT2D eigenvalue weighted by Crippen LogP contribution is -2.00. The van der Waals surface area contributed by atoms with Crippen molar-refractivity contribution in [3.63, 3.8) is 0 Å². The Labute approximate surface area is 93.1 Å². The molecule has 0 atom stereocenters. The van der Waals surface area contributed by atoms with Crippen LogP contribution in [0.4, 0.5) is 0 Å². The monoisotopic (exact) mass is 226 g/mol. The number of aliphatic hydroxyl groups excluding tert-OH is 1. The number of carboxylic acid groups (broad SMARTS) is 1. The van der Waals surface area contributed by atoms with E-state index < -0.39 is 5.97 Å². The second-order valence-corrected chi connectivity index (χ2v) is 4.29. The molecular formula is C11H14O3S. The Morgan fingerprint density at radius 3 is 2.80 bits per heavy atom. The number of aryl methyl sites for hydroxylation is 1. The van der Waals surface area contributed by atoms with Gasteiger partial charge in [-0.25, -0.2) is 4.79 Å². The van der Waals surface area contributed by atoms with Crippen molar-refractivity contribution in [1.29, 1.82) is 0 Å². The molecule has 0 unspecified atom stereocenters. The molecule has 0 bridgehead atoms. The van der Waals surface area contributed by atoms with Crippen LogP contribution in [0.5, 0.6) is 0 Å². The van der Waals surface area contributed by atoms with E-state index >= 15 is 0 Å². The van der Waals surface area contributed by atoms with Crippen LogP contribution in [-0.2, 0) is 0 Å². The van der Waals surface area contributed by atoms with Gasteiger partial charge in [-0.1, -0.05) is 12.1 Å². The van der Waals surface area contributed by atoms with Crippen LogP contribution in [0.15, 0.2) is 23.1 Å². The second-order valence-electron chi connectivity index (χ2n) is 3.18. The average molecular weight is 226 g/mol. The summed E-state index contributed by atoms with van der Waals surface area (Å²) in [5.41, 5.74) is 1.32. The molecule has 1 aromatic carbocycles. The molecule has 0 spiro atoms. The van der Waals surface area contributed by atoms with E-state index in [0.29, 0.717) is 12.0 Å². The van der Waals surface area contributed by atoms with E-state index in [9.17, 15) is 4.79 Å². The third-order valence-corrected chi connectivity index (χ3v) is 3.31. The number of carboxylic acids is 1. The SMILES string of the molecule is Cc1cccc(C(=O)O)c1SCCCO. The Morgan fingerprint density at radius 1 is 1.47 bits per heavy atom. The molecule has 0 amide bonds. The van der Waals surface area contributed by atoms with Crippen molar-refractivity contribution in [2.45, 2.75) is 18.2 Å². The largest absolute Gasteiger partial charge is 0.478 e. The Morgan fingerprint density at radius 2 is 2.20 bits per heavy atom. The van der Waals surface area contributed by atoms with Crippen LogP contribution in [0.3, 0.4) is 0 Å². The maximum absolute atomic E-state index is 10.9. The fourth-order valence-electron chi connectivity index (χ4n) is 1.25. The van der Waals surface area contributed by atoms with E-state index in [2.05, 4.69) is 0 Å². The fourth-order valence-corrected chi connectivity index (χ4v) is 2.34. The highest BCUT2D eigenvalue weighted by molar-refractivity contribution is 7.99. The molecule has 0 fully saturated rings. The second kappa shape index (κ2) is 5.78. The van der Waals surface area contributed by atoms with Gasteiger partial charge < -0.3 is 10.2 Å². The molecule has 0 aliphatic heterocycles. The molecule has 0 saturated carbocycles. The average Bonchev–Trinajstić information content (AvgIpc) is 2.20. The van der Waals surface area contributed by atoms with E-state index in [4.69, 9.17) is 10.2 Å². The highest BCUT2D eigenvalue weighted by Gasteiger charge is 2.11. The maximum Gasteiger partial charge on any atom is 0.336 e. The number of hydrogen-bond donors (Lipinski definition) is 2. The molecule has 0 aliphatic rings. The minimum atomic E-state index is -0.898. The van der Waals surface area contributed by atoms with Crippen molar-refractivity contribution in [3.05, 3.63) is 29.3 Å². The Hall–Kier alpha value is -1.00. The standard InChI is InChI=1S/C11H14O3S/c1-8-4-2-5-9(11(13)14)10(8)15-7-3-6-12/h2,4-5,12H,3,6-7H2,1H3,(H,13,14). The van der Waals surface area contributed by atoms with Gasteiger partial charge in [0.1, 0.15) is 0 Å². The number of aliphatic hydroxyl groups is 1. The van der Waals surface area contributed by atoms with Gasteiger partial charge in [-0.3, -0.25) is 0 Å². The summed E-state index contributed by atoms with van der Waals surface area (Å²) in [6, 6.07) is 5.25. The molecule has 0 heterocycles. The van der Waals surface area contributed by atoms with Gasteiger partial charge in [-0.2, -0.15) is 0 Å². The lowest BCUT2D eigenvalue weighted by Gasteiger charge is -2.08. The van der Waals surface area contributed by atoms with Crippen molar-refractivity contribution < 1.29 is 15.0 Å². The van der Waals surface area contributed by atoms with Gasteiger partial charge in [0, 0.05) is 17.3 Å². The smallest absolute Gasteiger partial charge is 0.336 e. The van der Waals surface area contributed by atoms with E-state index in [0.717, 1.165) is 16.2 Å². The molecule has 3 nitrogen and oxygen atoms in total. The maximum atomic E-state index is 10.9. The van der Waals surface area contributed by atoms with Gasteiger partial charge in [-0.15, -0.1) is 11.8 Å². The summed E-state index contributed by atoms with van der Waals surface area (Å²) in [4.78, 5) is 11.7. The van der Waals surface area contributed by atoms with Crippen LogP contribution in [0.2, 0.25) is 0 Å². The first-order valence-electron chi connectivity index (χ1n) is 4.73. The topological polar surface area (TPSA) is 57.5 Å². The van der Waals surface area contributed by atoms with Crippen molar-refractivity contribution in [2.75, 3.05) is 12.4 Å². The summed E-state index contributed by atoms with van der Waals surface area (Å²) in [5.74, 6) is -0.160. The molecule has 0 aliphatic carbocycles. The quantitative estimate of drug-likeness (QED) is 0.596. The van der Waals surface area contributed by atoms with Crippen LogP contribution < -0.4 is 0 Å². The van der Waals surface area contributed by atoms with Crippen LogP contribution in [0.25, 0.3) is 0 Å². The first kappa shape index (κ1) is 12.1. The van der Waals surface area contributed by atoms with Gasteiger partial charge in [0.2, 0.25) is 0 Å². The first-order valence-corrected chi connectivity index (χ1v) is 5.72. The number of rotatable bonds is 5. The minimum absolute atomic E-state index is 0.140. The summed E-state index contributed by atoms with van der Waals surface area (Å²) < 4.78 is 0. The third-order valence-electron chi connectivity index (χ3n) is 1.99. The molecular weight excluding hydrogens is 212 g/mol. The summed E-state index contributed by atoms with van der Waals surface area (Å²) >= 11 is 1.49. The van der Waals surface area contributed by atoms with Crippen molar-refractivity contribution in [3.8, 4) is 0 Å². The Balaban J connectivity index is 2.87. The number of hydrogen-bond acceptors (Lipinski definition) is 3. The van der Waals surface area contributed by atoms with Crippen LogP contribution in [0.1, 0.15) is 22.3 Å². The predicted molar refractivity (Wildman–Crippen MR) is 60.6 cm³/mol. The molecule has 2 N–H and O–H groups in total.